The second-order valence-corrected chi connectivity index (χ2v) is 13.2. The molecule has 0 aromatic heterocycles. The summed E-state index contributed by atoms with van der Waals surface area (Å²) in [5.74, 6) is 0.594. The molecule has 1 amide bonds. The van der Waals surface area contributed by atoms with Crippen LogP contribution in [0.5, 0.6) is 0 Å². The molecule has 212 valence electrons. The number of methoxy groups -OCH3 is 1. The SMILES string of the molecule is COC1CCC2CCCNC2C1N1CCCN(C(C2CCN(C3CCCCC3)N2)C(C)(C)C(N)=O)CC1. The highest BCUT2D eigenvalue weighted by Crippen LogP contribution is 2.37. The lowest BCUT2D eigenvalue weighted by Crippen LogP contribution is -2.64. The quantitative estimate of drug-likeness (QED) is 0.477. The minimum Gasteiger partial charge on any atom is -0.380 e. The Labute approximate surface area is 225 Å². The molecule has 0 bridgehead atoms. The van der Waals surface area contributed by atoms with Crippen molar-refractivity contribution in [1.82, 2.24) is 25.6 Å². The van der Waals surface area contributed by atoms with E-state index in [-0.39, 0.29) is 18.0 Å². The van der Waals surface area contributed by atoms with E-state index in [0.29, 0.717) is 24.2 Å². The Morgan fingerprint density at radius 2 is 1.73 bits per heavy atom. The Kier molecular flexibility index (Phi) is 9.14. The molecule has 5 rings (SSSR count). The van der Waals surface area contributed by atoms with Crippen molar-refractivity contribution in [2.24, 2.45) is 17.1 Å². The van der Waals surface area contributed by atoms with Gasteiger partial charge in [0.15, 0.2) is 0 Å². The maximum atomic E-state index is 12.8. The van der Waals surface area contributed by atoms with Crippen molar-refractivity contribution in [3.63, 3.8) is 0 Å². The van der Waals surface area contributed by atoms with Crippen LogP contribution in [0, 0.1) is 11.3 Å². The summed E-state index contributed by atoms with van der Waals surface area (Å²) in [6.45, 7) is 10.5. The number of piperidine rings is 1. The molecule has 2 saturated carbocycles. The molecule has 6 unspecified atom stereocenters. The number of nitrogens with one attached hydrogen (secondary N) is 2. The topological polar surface area (TPSA) is 86.1 Å². The van der Waals surface area contributed by atoms with Gasteiger partial charge in [-0.25, -0.2) is 5.01 Å². The van der Waals surface area contributed by atoms with Crippen LogP contribution < -0.4 is 16.5 Å². The first kappa shape index (κ1) is 27.8. The maximum Gasteiger partial charge on any atom is 0.224 e. The summed E-state index contributed by atoms with van der Waals surface area (Å²) in [6.07, 6.45) is 14.2. The van der Waals surface area contributed by atoms with Crippen molar-refractivity contribution < 1.29 is 9.53 Å². The molecule has 5 aliphatic rings. The van der Waals surface area contributed by atoms with Crippen molar-refractivity contribution in [1.29, 1.82) is 0 Å². The predicted octanol–water partition coefficient (Wildman–Crippen LogP) is 2.33. The number of primary amides is 1. The standard InChI is InChI=1S/C29H54N6O2/c1-29(2,28(30)36)27(23-14-18-35(32-23)22-10-5-4-6-11-22)34-17-8-16-33(19-20-34)26-24(37-3)13-12-21-9-7-15-31-25(21)26/h21-27,31-32H,4-20H2,1-3H3,(H2,30,36). The van der Waals surface area contributed by atoms with Gasteiger partial charge in [-0.05, 0) is 90.8 Å². The number of ether oxygens (including phenoxy) is 1. The molecule has 0 radical (unpaired) electrons. The van der Waals surface area contributed by atoms with Crippen molar-refractivity contribution in [2.45, 2.75) is 121 Å². The number of hydrogen-bond acceptors (Lipinski definition) is 7. The molecule has 6 atom stereocenters. The summed E-state index contributed by atoms with van der Waals surface area (Å²) in [5, 5.41) is 6.41. The highest BCUT2D eigenvalue weighted by molar-refractivity contribution is 5.81. The number of nitrogens with two attached hydrogens (primary N) is 1. The van der Waals surface area contributed by atoms with Crippen molar-refractivity contribution in [3.05, 3.63) is 0 Å². The number of amides is 1. The number of hydrogen-bond donors (Lipinski definition) is 3. The van der Waals surface area contributed by atoms with Gasteiger partial charge in [0.05, 0.1) is 17.6 Å². The molecular formula is C29H54N6O2. The Hall–Kier alpha value is -0.770. The van der Waals surface area contributed by atoms with Crippen LogP contribution in [0.15, 0.2) is 0 Å². The van der Waals surface area contributed by atoms with Crippen molar-refractivity contribution in [3.8, 4) is 0 Å². The second-order valence-electron chi connectivity index (χ2n) is 13.2. The van der Waals surface area contributed by atoms with Gasteiger partial charge in [-0.1, -0.05) is 19.3 Å². The monoisotopic (exact) mass is 518 g/mol. The van der Waals surface area contributed by atoms with E-state index in [2.05, 4.69) is 39.4 Å². The third-order valence-corrected chi connectivity index (χ3v) is 10.7. The van der Waals surface area contributed by atoms with Crippen LogP contribution in [-0.4, -0.2) is 103 Å². The summed E-state index contributed by atoms with van der Waals surface area (Å²) in [5.41, 5.74) is 9.39. The van der Waals surface area contributed by atoms with E-state index in [1.807, 2.05) is 7.11 Å². The van der Waals surface area contributed by atoms with Crippen molar-refractivity contribution in [2.75, 3.05) is 46.4 Å². The van der Waals surface area contributed by atoms with Crippen LogP contribution in [0.25, 0.3) is 0 Å². The summed E-state index contributed by atoms with van der Waals surface area (Å²) in [6, 6.07) is 1.99. The maximum absolute atomic E-state index is 12.8. The molecule has 3 aliphatic heterocycles. The lowest BCUT2D eigenvalue weighted by atomic mass is 9.74. The third-order valence-electron chi connectivity index (χ3n) is 10.7. The average molecular weight is 519 g/mol. The van der Waals surface area contributed by atoms with Gasteiger partial charge in [0.1, 0.15) is 0 Å². The largest absolute Gasteiger partial charge is 0.380 e. The highest BCUT2D eigenvalue weighted by Gasteiger charge is 2.48. The van der Waals surface area contributed by atoms with Gasteiger partial charge in [-0.3, -0.25) is 20.0 Å². The molecule has 8 nitrogen and oxygen atoms in total. The molecule has 0 aromatic rings. The zero-order valence-electron chi connectivity index (χ0n) is 23.8. The van der Waals surface area contributed by atoms with Crippen LogP contribution in [0.3, 0.4) is 0 Å². The smallest absolute Gasteiger partial charge is 0.224 e. The third kappa shape index (κ3) is 5.90. The summed E-state index contributed by atoms with van der Waals surface area (Å²) in [4.78, 5) is 18.1. The van der Waals surface area contributed by atoms with Crippen LogP contribution in [0.1, 0.15) is 84.5 Å². The number of carbonyl (C=O) groups is 1. The minimum absolute atomic E-state index is 0.101. The zero-order valence-corrected chi connectivity index (χ0v) is 23.8. The number of hydrazine groups is 1. The first-order valence-corrected chi connectivity index (χ1v) is 15.5. The number of rotatable bonds is 7. The Balaban J connectivity index is 1.30. The van der Waals surface area contributed by atoms with E-state index in [1.165, 1.54) is 57.8 Å². The fourth-order valence-corrected chi connectivity index (χ4v) is 8.63. The van der Waals surface area contributed by atoms with E-state index >= 15 is 0 Å². The van der Waals surface area contributed by atoms with Gasteiger partial charge < -0.3 is 15.8 Å². The van der Waals surface area contributed by atoms with Crippen LogP contribution in [0.4, 0.5) is 0 Å². The van der Waals surface area contributed by atoms with E-state index in [9.17, 15) is 4.79 Å². The highest BCUT2D eigenvalue weighted by atomic mass is 16.5. The van der Waals surface area contributed by atoms with Gasteiger partial charge in [-0.15, -0.1) is 0 Å². The van der Waals surface area contributed by atoms with E-state index < -0.39 is 5.41 Å². The molecule has 0 aromatic carbocycles. The molecule has 8 heteroatoms. The fraction of sp³-hybridized carbons (Fsp3) is 0.966. The van der Waals surface area contributed by atoms with Gasteiger partial charge in [0, 0.05) is 50.9 Å². The van der Waals surface area contributed by atoms with Gasteiger partial charge >= 0.3 is 0 Å². The Morgan fingerprint density at radius 1 is 0.919 bits per heavy atom. The van der Waals surface area contributed by atoms with E-state index in [4.69, 9.17) is 10.5 Å². The molecule has 2 aliphatic carbocycles. The van der Waals surface area contributed by atoms with Gasteiger partial charge in [0.2, 0.25) is 5.91 Å². The van der Waals surface area contributed by atoms with Crippen LogP contribution >= 0.6 is 0 Å². The van der Waals surface area contributed by atoms with Crippen LogP contribution in [0.2, 0.25) is 0 Å². The molecule has 4 N–H and O–H groups in total. The first-order valence-electron chi connectivity index (χ1n) is 15.5. The molecule has 3 saturated heterocycles. The Morgan fingerprint density at radius 3 is 2.49 bits per heavy atom. The average Bonchev–Trinajstić information content (AvgIpc) is 3.27. The number of nitrogens with zero attached hydrogens (tertiary/aromatic N) is 3. The fourth-order valence-electron chi connectivity index (χ4n) is 8.63. The molecule has 0 spiro atoms. The molecule has 37 heavy (non-hydrogen) atoms. The molecule has 5 fully saturated rings. The lowest BCUT2D eigenvalue weighted by Gasteiger charge is -2.50. The predicted molar refractivity (Wildman–Crippen MR) is 148 cm³/mol. The number of carbonyl (C=O) groups excluding carboxylic acids is 1. The lowest BCUT2D eigenvalue weighted by molar-refractivity contribution is -0.130. The summed E-state index contributed by atoms with van der Waals surface area (Å²) >= 11 is 0. The van der Waals surface area contributed by atoms with Crippen LogP contribution in [-0.2, 0) is 9.53 Å². The van der Waals surface area contributed by atoms with Crippen molar-refractivity contribution >= 4 is 5.91 Å². The summed E-state index contributed by atoms with van der Waals surface area (Å²) < 4.78 is 6.09. The van der Waals surface area contributed by atoms with E-state index in [1.54, 1.807) is 0 Å². The summed E-state index contributed by atoms with van der Waals surface area (Å²) in [7, 11) is 1.90. The van der Waals surface area contributed by atoms with Gasteiger partial charge in [0.25, 0.3) is 0 Å². The number of fused-ring (bicyclic) bond motifs is 1. The zero-order chi connectivity index (χ0) is 26.0. The Bertz CT molecular complexity index is 759. The van der Waals surface area contributed by atoms with E-state index in [0.717, 1.165) is 58.0 Å². The first-order chi connectivity index (χ1) is 17.9. The normalized spacial score (nSPS) is 36.7. The molecule has 3 heterocycles. The van der Waals surface area contributed by atoms with Gasteiger partial charge in [-0.2, -0.15) is 0 Å². The second kappa shape index (κ2) is 12.2. The minimum atomic E-state index is -0.592. The molecular weight excluding hydrogens is 464 g/mol.